The highest BCUT2D eigenvalue weighted by atomic mass is 16.4. The van der Waals surface area contributed by atoms with Crippen molar-refractivity contribution in [1.82, 2.24) is 16.0 Å². The fourth-order valence-corrected chi connectivity index (χ4v) is 2.48. The van der Waals surface area contributed by atoms with Gasteiger partial charge in [-0.15, -0.1) is 0 Å². The number of amides is 1. The van der Waals surface area contributed by atoms with Crippen molar-refractivity contribution in [3.63, 3.8) is 0 Å². The number of carbonyl (C=O) groups excluding carboxylic acids is 1. The van der Waals surface area contributed by atoms with E-state index >= 15 is 0 Å². The van der Waals surface area contributed by atoms with E-state index in [-0.39, 0.29) is 12.5 Å². The van der Waals surface area contributed by atoms with Gasteiger partial charge >= 0.3 is 0 Å². The second kappa shape index (κ2) is 9.78. The van der Waals surface area contributed by atoms with Crippen molar-refractivity contribution in [1.29, 1.82) is 0 Å². The first-order valence-corrected chi connectivity index (χ1v) is 9.06. The Morgan fingerprint density at radius 2 is 1.96 bits per heavy atom. The number of hydrogen-bond donors (Lipinski definition) is 4. The summed E-state index contributed by atoms with van der Waals surface area (Å²) < 4.78 is 5.26. The molecule has 27 heavy (non-hydrogen) atoms. The molecule has 0 aliphatic heterocycles. The van der Waals surface area contributed by atoms with Gasteiger partial charge in [-0.3, -0.25) is 4.79 Å². The minimum Gasteiger partial charge on any atom is -0.466 e. The second-order valence-electron chi connectivity index (χ2n) is 6.50. The highest BCUT2D eigenvalue weighted by molar-refractivity contribution is 5.94. The molecular formula is C20H28N4O3. The van der Waals surface area contributed by atoms with Crippen LogP contribution in [0.1, 0.15) is 35.5 Å². The van der Waals surface area contributed by atoms with Crippen LogP contribution in [0.3, 0.4) is 0 Å². The number of aliphatic hydroxyl groups is 1. The lowest BCUT2D eigenvalue weighted by Crippen LogP contribution is -2.42. The summed E-state index contributed by atoms with van der Waals surface area (Å²) in [7, 11) is 0. The molecule has 0 aliphatic carbocycles. The van der Waals surface area contributed by atoms with Gasteiger partial charge in [-0.05, 0) is 45.0 Å². The van der Waals surface area contributed by atoms with Crippen molar-refractivity contribution >= 4 is 11.9 Å². The van der Waals surface area contributed by atoms with Gasteiger partial charge in [0.15, 0.2) is 5.96 Å². The third-order valence-corrected chi connectivity index (χ3v) is 3.92. The SMILES string of the molecule is CCNC(=NCC(C)(O)c1ccco1)NCCNC(=O)c1cccc(C)c1. The average molecular weight is 372 g/mol. The van der Waals surface area contributed by atoms with E-state index in [1.165, 1.54) is 6.26 Å². The molecule has 0 aliphatic rings. The van der Waals surface area contributed by atoms with Gasteiger partial charge < -0.3 is 25.5 Å². The van der Waals surface area contributed by atoms with Gasteiger partial charge in [0.2, 0.25) is 0 Å². The summed E-state index contributed by atoms with van der Waals surface area (Å²) in [5.41, 5.74) is 0.502. The van der Waals surface area contributed by atoms with Crippen LogP contribution >= 0.6 is 0 Å². The van der Waals surface area contributed by atoms with Gasteiger partial charge in [0, 0.05) is 25.2 Å². The molecule has 146 valence electrons. The molecule has 2 rings (SSSR count). The summed E-state index contributed by atoms with van der Waals surface area (Å²) in [6.07, 6.45) is 1.52. The van der Waals surface area contributed by atoms with Crippen LogP contribution in [0, 0.1) is 6.92 Å². The Hall–Kier alpha value is -2.80. The zero-order valence-electron chi connectivity index (χ0n) is 16.1. The molecule has 1 atom stereocenters. The molecule has 2 aromatic rings. The van der Waals surface area contributed by atoms with Gasteiger partial charge in [0.25, 0.3) is 5.91 Å². The molecule has 0 fully saturated rings. The molecule has 1 heterocycles. The molecule has 4 N–H and O–H groups in total. The lowest BCUT2D eigenvalue weighted by molar-refractivity contribution is 0.0437. The van der Waals surface area contributed by atoms with E-state index in [2.05, 4.69) is 20.9 Å². The quantitative estimate of drug-likeness (QED) is 0.322. The highest BCUT2D eigenvalue weighted by Gasteiger charge is 2.26. The molecule has 1 aromatic carbocycles. The van der Waals surface area contributed by atoms with Gasteiger partial charge in [0.05, 0.1) is 12.8 Å². The first-order chi connectivity index (χ1) is 12.9. The summed E-state index contributed by atoms with van der Waals surface area (Å²) in [5, 5.41) is 19.6. The number of aryl methyl sites for hydroxylation is 1. The van der Waals surface area contributed by atoms with Crippen molar-refractivity contribution < 1.29 is 14.3 Å². The number of furan rings is 1. The van der Waals surface area contributed by atoms with Gasteiger partial charge in [-0.2, -0.15) is 0 Å². The highest BCUT2D eigenvalue weighted by Crippen LogP contribution is 2.20. The molecule has 7 nitrogen and oxygen atoms in total. The minimum atomic E-state index is -1.19. The summed E-state index contributed by atoms with van der Waals surface area (Å²) in [6.45, 7) is 7.35. The number of nitrogens with one attached hydrogen (secondary N) is 3. The Bertz CT molecular complexity index is 754. The summed E-state index contributed by atoms with van der Waals surface area (Å²) in [5.74, 6) is 0.921. The molecule has 0 spiro atoms. The zero-order chi connectivity index (χ0) is 19.7. The Morgan fingerprint density at radius 3 is 2.63 bits per heavy atom. The fourth-order valence-electron chi connectivity index (χ4n) is 2.48. The predicted octanol–water partition coefficient (Wildman–Crippen LogP) is 1.78. The van der Waals surface area contributed by atoms with E-state index in [0.29, 0.717) is 36.9 Å². The van der Waals surface area contributed by atoms with Crippen LogP contribution in [0.5, 0.6) is 0 Å². The standard InChI is InChI=1S/C20H28N4O3/c1-4-21-19(24-14-20(3,26)17-9-6-12-27-17)23-11-10-22-18(25)16-8-5-7-15(2)13-16/h5-9,12-13,26H,4,10-11,14H2,1-3H3,(H,22,25)(H2,21,23,24). The maximum atomic E-state index is 12.1. The molecular weight excluding hydrogens is 344 g/mol. The van der Waals surface area contributed by atoms with E-state index in [9.17, 15) is 9.90 Å². The van der Waals surface area contributed by atoms with Crippen LogP contribution in [0.4, 0.5) is 0 Å². The molecule has 0 saturated carbocycles. The van der Waals surface area contributed by atoms with Crippen LogP contribution in [0.15, 0.2) is 52.1 Å². The van der Waals surface area contributed by atoms with Crippen molar-refractivity contribution in [3.8, 4) is 0 Å². The number of aliphatic imine (C=N–C) groups is 1. The Morgan fingerprint density at radius 1 is 1.19 bits per heavy atom. The monoisotopic (exact) mass is 372 g/mol. The third kappa shape index (κ3) is 6.45. The van der Waals surface area contributed by atoms with Crippen molar-refractivity contribution in [2.24, 2.45) is 4.99 Å². The molecule has 7 heteroatoms. The smallest absolute Gasteiger partial charge is 0.251 e. The van der Waals surface area contributed by atoms with Crippen LogP contribution in [-0.2, 0) is 5.60 Å². The van der Waals surface area contributed by atoms with E-state index in [1.54, 1.807) is 25.1 Å². The molecule has 0 bridgehead atoms. The van der Waals surface area contributed by atoms with Crippen molar-refractivity contribution in [2.75, 3.05) is 26.2 Å². The maximum absolute atomic E-state index is 12.1. The van der Waals surface area contributed by atoms with Crippen molar-refractivity contribution in [2.45, 2.75) is 26.4 Å². The fraction of sp³-hybridized carbons (Fsp3) is 0.400. The Balaban J connectivity index is 1.82. The first-order valence-electron chi connectivity index (χ1n) is 9.06. The van der Waals surface area contributed by atoms with Crippen LogP contribution in [0.2, 0.25) is 0 Å². The number of guanidine groups is 1. The normalized spacial score (nSPS) is 13.7. The van der Waals surface area contributed by atoms with E-state index in [1.807, 2.05) is 32.0 Å². The summed E-state index contributed by atoms with van der Waals surface area (Å²) >= 11 is 0. The number of nitrogens with zero attached hydrogens (tertiary/aromatic N) is 1. The second-order valence-corrected chi connectivity index (χ2v) is 6.50. The molecule has 1 amide bonds. The molecule has 0 saturated heterocycles. The number of carbonyl (C=O) groups is 1. The lowest BCUT2D eigenvalue weighted by atomic mass is 10.0. The summed E-state index contributed by atoms with van der Waals surface area (Å²) in [4.78, 5) is 16.5. The van der Waals surface area contributed by atoms with Crippen LogP contribution in [-0.4, -0.2) is 43.2 Å². The number of hydrogen-bond acceptors (Lipinski definition) is 4. The Kier molecular flexibility index (Phi) is 7.43. The maximum Gasteiger partial charge on any atom is 0.251 e. The first kappa shape index (κ1) is 20.5. The Labute approximate surface area is 159 Å². The summed E-state index contributed by atoms with van der Waals surface area (Å²) in [6, 6.07) is 10.9. The topological polar surface area (TPSA) is 98.9 Å². The largest absolute Gasteiger partial charge is 0.466 e. The molecule has 0 radical (unpaired) electrons. The van der Waals surface area contributed by atoms with E-state index in [0.717, 1.165) is 5.56 Å². The molecule has 1 aromatic heterocycles. The van der Waals surface area contributed by atoms with Gasteiger partial charge in [-0.25, -0.2) is 4.99 Å². The van der Waals surface area contributed by atoms with Crippen molar-refractivity contribution in [3.05, 3.63) is 59.5 Å². The van der Waals surface area contributed by atoms with E-state index < -0.39 is 5.60 Å². The van der Waals surface area contributed by atoms with Crippen LogP contribution < -0.4 is 16.0 Å². The predicted molar refractivity (Wildman–Crippen MR) is 106 cm³/mol. The average Bonchev–Trinajstić information content (AvgIpc) is 3.18. The van der Waals surface area contributed by atoms with Gasteiger partial charge in [-0.1, -0.05) is 17.7 Å². The third-order valence-electron chi connectivity index (χ3n) is 3.92. The number of benzene rings is 1. The number of rotatable bonds is 8. The van der Waals surface area contributed by atoms with E-state index in [4.69, 9.17) is 4.42 Å². The lowest BCUT2D eigenvalue weighted by Gasteiger charge is -2.19. The van der Waals surface area contributed by atoms with Crippen LogP contribution in [0.25, 0.3) is 0 Å². The zero-order valence-corrected chi connectivity index (χ0v) is 16.1. The van der Waals surface area contributed by atoms with Gasteiger partial charge in [0.1, 0.15) is 11.4 Å². The minimum absolute atomic E-state index is 0.108. The molecule has 1 unspecified atom stereocenters.